The zero-order chi connectivity index (χ0) is 8.10. The summed E-state index contributed by atoms with van der Waals surface area (Å²) < 4.78 is 2.54. The third-order valence-corrected chi connectivity index (χ3v) is 6.23. The molecule has 0 bridgehead atoms. The van der Waals surface area contributed by atoms with E-state index in [0.717, 1.165) is 0 Å². The number of aliphatic hydroxyl groups excluding tert-OH is 2. The van der Waals surface area contributed by atoms with E-state index in [0.29, 0.717) is 0 Å². The summed E-state index contributed by atoms with van der Waals surface area (Å²) in [4.78, 5) is 0. The fourth-order valence-corrected chi connectivity index (χ4v) is 5.62. The van der Waals surface area contributed by atoms with Gasteiger partial charge in [0, 0.05) is 0 Å². The molecule has 11 heavy (non-hydrogen) atoms. The van der Waals surface area contributed by atoms with Crippen molar-refractivity contribution >= 4 is 48.8 Å². The topological polar surface area (TPSA) is 40.5 Å². The van der Waals surface area contributed by atoms with Crippen molar-refractivity contribution in [3.05, 3.63) is 12.1 Å². The standard InChI is InChI=1S/C6H8O2SSe2/c7-3-10-5-1-2-6(9-5)11-4-8/h1-2,7-8H,3-4H2. The van der Waals surface area contributed by atoms with Gasteiger partial charge in [-0.15, -0.1) is 0 Å². The van der Waals surface area contributed by atoms with Crippen molar-refractivity contribution in [2.75, 3.05) is 11.0 Å². The molecule has 0 saturated heterocycles. The zero-order valence-corrected chi connectivity index (χ0v) is 9.93. The number of hydrogen-bond acceptors (Lipinski definition) is 3. The van der Waals surface area contributed by atoms with Crippen LogP contribution in [-0.4, -0.2) is 51.1 Å². The van der Waals surface area contributed by atoms with Crippen LogP contribution in [-0.2, 0) is 0 Å². The van der Waals surface area contributed by atoms with Gasteiger partial charge in [-0.05, 0) is 0 Å². The molecule has 0 amide bonds. The molecule has 2 N–H and O–H groups in total. The number of aliphatic hydroxyl groups is 2. The van der Waals surface area contributed by atoms with E-state index >= 15 is 0 Å². The summed E-state index contributed by atoms with van der Waals surface area (Å²) in [7, 11) is 0. The third-order valence-electron chi connectivity index (χ3n) is 0.970. The second-order valence-corrected chi connectivity index (χ2v) is 8.01. The average molecular weight is 302 g/mol. The Balaban J connectivity index is 2.51. The molecule has 0 aliphatic rings. The summed E-state index contributed by atoms with van der Waals surface area (Å²) in [6.07, 6.45) is 0. The van der Waals surface area contributed by atoms with Crippen LogP contribution in [0.15, 0.2) is 12.1 Å². The van der Waals surface area contributed by atoms with Gasteiger partial charge in [-0.2, -0.15) is 0 Å². The Morgan fingerprint density at radius 1 is 1.09 bits per heavy atom. The molecular weight excluding hydrogens is 294 g/mol. The molecule has 0 radical (unpaired) electrons. The van der Waals surface area contributed by atoms with Crippen LogP contribution in [0.2, 0.25) is 0 Å². The van der Waals surface area contributed by atoms with Gasteiger partial charge in [-0.3, -0.25) is 0 Å². The van der Waals surface area contributed by atoms with Crippen LogP contribution >= 0.6 is 11.3 Å². The van der Waals surface area contributed by atoms with Crippen molar-refractivity contribution < 1.29 is 10.2 Å². The van der Waals surface area contributed by atoms with Crippen molar-refractivity contribution in [2.24, 2.45) is 0 Å². The van der Waals surface area contributed by atoms with Gasteiger partial charge in [0.1, 0.15) is 0 Å². The second-order valence-electron chi connectivity index (χ2n) is 1.62. The zero-order valence-electron chi connectivity index (χ0n) is 5.69. The van der Waals surface area contributed by atoms with E-state index in [9.17, 15) is 0 Å². The summed E-state index contributed by atoms with van der Waals surface area (Å²) in [5, 5.41) is 17.3. The first-order valence-electron chi connectivity index (χ1n) is 2.94. The van der Waals surface area contributed by atoms with E-state index in [2.05, 4.69) is 0 Å². The molecule has 5 heteroatoms. The Morgan fingerprint density at radius 2 is 1.55 bits per heavy atom. The van der Waals surface area contributed by atoms with Gasteiger partial charge in [-0.1, -0.05) is 0 Å². The molecule has 2 nitrogen and oxygen atoms in total. The SMILES string of the molecule is OC[Se]c1ccc([Se]CO)s1. The van der Waals surface area contributed by atoms with Gasteiger partial charge in [0.15, 0.2) is 0 Å². The van der Waals surface area contributed by atoms with Crippen molar-refractivity contribution in [1.82, 2.24) is 0 Å². The van der Waals surface area contributed by atoms with Gasteiger partial charge < -0.3 is 0 Å². The van der Waals surface area contributed by atoms with E-state index < -0.39 is 0 Å². The molecule has 1 aromatic heterocycles. The van der Waals surface area contributed by atoms with E-state index in [1.807, 2.05) is 12.1 Å². The monoisotopic (exact) mass is 304 g/mol. The number of hydrogen-bond donors (Lipinski definition) is 2. The summed E-state index contributed by atoms with van der Waals surface area (Å²) in [6.45, 7) is 0. The minimum atomic E-state index is 0.231. The van der Waals surface area contributed by atoms with E-state index in [4.69, 9.17) is 10.2 Å². The molecule has 0 spiro atoms. The van der Waals surface area contributed by atoms with Gasteiger partial charge in [0.2, 0.25) is 0 Å². The summed E-state index contributed by atoms with van der Waals surface area (Å²) in [6, 6.07) is 4.10. The molecule has 0 aromatic carbocycles. The molecule has 0 aliphatic heterocycles. The summed E-state index contributed by atoms with van der Waals surface area (Å²) >= 11 is 2.18. The van der Waals surface area contributed by atoms with Crippen LogP contribution in [0.5, 0.6) is 0 Å². The van der Waals surface area contributed by atoms with Crippen LogP contribution in [0.25, 0.3) is 0 Å². The van der Waals surface area contributed by atoms with Gasteiger partial charge in [-0.25, -0.2) is 0 Å². The quantitative estimate of drug-likeness (QED) is 0.652. The van der Waals surface area contributed by atoms with Gasteiger partial charge in [0.05, 0.1) is 0 Å². The van der Waals surface area contributed by atoms with Crippen molar-refractivity contribution in [3.8, 4) is 0 Å². The Hall–Kier alpha value is 0.659. The molecule has 0 fully saturated rings. The maximum atomic E-state index is 8.65. The second kappa shape index (κ2) is 5.33. The van der Waals surface area contributed by atoms with Gasteiger partial charge >= 0.3 is 82.2 Å². The Kier molecular flexibility index (Phi) is 4.72. The van der Waals surface area contributed by atoms with Crippen LogP contribution < -0.4 is 7.55 Å². The Morgan fingerprint density at radius 3 is 1.91 bits per heavy atom. The summed E-state index contributed by atoms with van der Waals surface area (Å²) in [5.74, 6) is 0. The molecule has 1 rings (SSSR count). The first kappa shape index (κ1) is 9.74. The van der Waals surface area contributed by atoms with E-state index in [-0.39, 0.29) is 40.9 Å². The van der Waals surface area contributed by atoms with Crippen LogP contribution in [0.1, 0.15) is 0 Å². The predicted molar refractivity (Wildman–Crippen MR) is 49.3 cm³/mol. The van der Waals surface area contributed by atoms with Gasteiger partial charge in [0.25, 0.3) is 0 Å². The average Bonchev–Trinajstić information content (AvgIpc) is 2.38. The number of rotatable bonds is 4. The Labute approximate surface area is 82.0 Å². The normalized spacial score (nSPS) is 10.4. The van der Waals surface area contributed by atoms with Crippen LogP contribution in [0.4, 0.5) is 0 Å². The molecule has 1 aromatic rings. The molecular formula is C6H8O2SSe2. The van der Waals surface area contributed by atoms with Crippen molar-refractivity contribution in [1.29, 1.82) is 0 Å². The molecule has 0 saturated carbocycles. The van der Waals surface area contributed by atoms with E-state index in [1.54, 1.807) is 11.3 Å². The van der Waals surface area contributed by atoms with E-state index in [1.165, 1.54) is 7.55 Å². The van der Waals surface area contributed by atoms with Crippen molar-refractivity contribution in [2.45, 2.75) is 0 Å². The number of thiophene rings is 1. The fourth-order valence-electron chi connectivity index (χ4n) is 0.586. The summed E-state index contributed by atoms with van der Waals surface area (Å²) in [5.41, 5.74) is 0.554. The first-order valence-corrected chi connectivity index (χ1v) is 7.89. The molecule has 0 unspecified atom stereocenters. The third kappa shape index (κ3) is 3.26. The fraction of sp³-hybridized carbons (Fsp3) is 0.333. The van der Waals surface area contributed by atoms with Crippen LogP contribution in [0.3, 0.4) is 0 Å². The Bertz CT molecular complexity index is 194. The first-order chi connectivity index (χ1) is 5.36. The molecule has 62 valence electrons. The molecule has 0 atom stereocenters. The molecule has 0 aliphatic carbocycles. The molecule has 1 heterocycles. The van der Waals surface area contributed by atoms with Crippen LogP contribution in [0, 0.1) is 0 Å². The van der Waals surface area contributed by atoms with Crippen molar-refractivity contribution in [3.63, 3.8) is 0 Å². The predicted octanol–water partition coefficient (Wildman–Crippen LogP) is -1.69. The maximum absolute atomic E-state index is 8.65. The minimum absolute atomic E-state index is 0.231.